The summed E-state index contributed by atoms with van der Waals surface area (Å²) in [6, 6.07) is 1.78. The Hall–Kier alpha value is -1.84. The maximum absolute atomic E-state index is 10.6. The molecule has 0 aromatic carbocycles. The molecule has 2 aromatic rings. The van der Waals surface area contributed by atoms with Gasteiger partial charge in [-0.15, -0.1) is 0 Å². The predicted molar refractivity (Wildman–Crippen MR) is 42.6 cm³/mol. The molecule has 0 amide bonds. The summed E-state index contributed by atoms with van der Waals surface area (Å²) in [5, 5.41) is 0. The summed E-state index contributed by atoms with van der Waals surface area (Å²) >= 11 is 0. The smallest absolute Gasteiger partial charge is 0.266 e. The molecule has 60 valence electrons. The first-order valence-electron chi connectivity index (χ1n) is 3.43. The Morgan fingerprint density at radius 3 is 3.00 bits per heavy atom. The number of hydrogen-bond donors (Lipinski definition) is 1. The standard InChI is InChI=1S/C8H6N2O2/c11-8-4-9-7(3-10-8)6-1-2-12-5-6/h1-5H,(H,10,11). The van der Waals surface area contributed by atoms with Gasteiger partial charge in [0.05, 0.1) is 24.4 Å². The summed E-state index contributed by atoms with van der Waals surface area (Å²) in [6.45, 7) is 0. The molecule has 0 aliphatic carbocycles. The summed E-state index contributed by atoms with van der Waals surface area (Å²) < 4.78 is 4.87. The molecule has 0 aliphatic heterocycles. The van der Waals surface area contributed by atoms with E-state index in [0.717, 1.165) is 5.56 Å². The molecule has 0 saturated heterocycles. The van der Waals surface area contributed by atoms with Crippen LogP contribution < -0.4 is 5.56 Å². The van der Waals surface area contributed by atoms with Gasteiger partial charge in [-0.1, -0.05) is 0 Å². The molecule has 0 aliphatic rings. The Balaban J connectivity index is 2.49. The van der Waals surface area contributed by atoms with Crippen LogP contribution in [-0.2, 0) is 0 Å². The van der Waals surface area contributed by atoms with E-state index in [1.165, 1.54) is 6.20 Å². The highest BCUT2D eigenvalue weighted by Gasteiger charge is 1.98. The lowest BCUT2D eigenvalue weighted by Gasteiger charge is -1.91. The SMILES string of the molecule is O=c1cnc(-c2ccoc2)c[nH]1. The third-order valence-corrected chi connectivity index (χ3v) is 1.49. The highest BCUT2D eigenvalue weighted by Crippen LogP contribution is 2.13. The van der Waals surface area contributed by atoms with Crippen molar-refractivity contribution in [1.29, 1.82) is 0 Å². The van der Waals surface area contributed by atoms with Crippen LogP contribution in [0.3, 0.4) is 0 Å². The van der Waals surface area contributed by atoms with Gasteiger partial charge >= 0.3 is 0 Å². The minimum Gasteiger partial charge on any atom is -0.472 e. The van der Waals surface area contributed by atoms with E-state index in [9.17, 15) is 4.79 Å². The Morgan fingerprint density at radius 1 is 1.50 bits per heavy atom. The van der Waals surface area contributed by atoms with Crippen molar-refractivity contribution >= 4 is 0 Å². The number of furan rings is 1. The summed E-state index contributed by atoms with van der Waals surface area (Å²) in [4.78, 5) is 17.1. The number of nitrogens with one attached hydrogen (secondary N) is 1. The second kappa shape index (κ2) is 2.65. The lowest BCUT2D eigenvalue weighted by atomic mass is 10.2. The zero-order valence-electron chi connectivity index (χ0n) is 6.15. The fourth-order valence-corrected chi connectivity index (χ4v) is 0.910. The van der Waals surface area contributed by atoms with Crippen molar-refractivity contribution in [3.05, 3.63) is 41.3 Å². The molecule has 0 unspecified atom stereocenters. The summed E-state index contributed by atoms with van der Waals surface area (Å²) in [7, 11) is 0. The van der Waals surface area contributed by atoms with Gasteiger partial charge in [-0.2, -0.15) is 0 Å². The van der Waals surface area contributed by atoms with E-state index in [4.69, 9.17) is 4.42 Å². The van der Waals surface area contributed by atoms with Crippen LogP contribution in [0, 0.1) is 0 Å². The highest BCUT2D eigenvalue weighted by atomic mass is 16.3. The van der Waals surface area contributed by atoms with Crippen LogP contribution >= 0.6 is 0 Å². The minimum atomic E-state index is -0.206. The molecule has 2 rings (SSSR count). The molecule has 2 heterocycles. The summed E-state index contributed by atoms with van der Waals surface area (Å²) in [5.41, 5.74) is 1.34. The van der Waals surface area contributed by atoms with Gasteiger partial charge in [-0.3, -0.25) is 4.79 Å². The van der Waals surface area contributed by atoms with Crippen molar-refractivity contribution in [2.75, 3.05) is 0 Å². The van der Waals surface area contributed by atoms with Crippen LogP contribution in [0.25, 0.3) is 11.3 Å². The summed E-state index contributed by atoms with van der Waals surface area (Å²) in [5.74, 6) is 0. The second-order valence-electron chi connectivity index (χ2n) is 2.31. The maximum atomic E-state index is 10.6. The van der Waals surface area contributed by atoms with E-state index in [0.29, 0.717) is 5.69 Å². The van der Waals surface area contributed by atoms with Gasteiger partial charge in [0.1, 0.15) is 0 Å². The normalized spacial score (nSPS) is 10.0. The Bertz CT molecular complexity index is 396. The van der Waals surface area contributed by atoms with Crippen LogP contribution in [0.2, 0.25) is 0 Å². The van der Waals surface area contributed by atoms with Crippen LogP contribution in [-0.4, -0.2) is 9.97 Å². The van der Waals surface area contributed by atoms with Gasteiger partial charge in [-0.05, 0) is 6.07 Å². The van der Waals surface area contributed by atoms with Crippen molar-refractivity contribution in [3.63, 3.8) is 0 Å². The van der Waals surface area contributed by atoms with Crippen LogP contribution in [0.5, 0.6) is 0 Å². The van der Waals surface area contributed by atoms with Crippen LogP contribution in [0.1, 0.15) is 0 Å². The zero-order chi connectivity index (χ0) is 8.39. The first-order valence-corrected chi connectivity index (χ1v) is 3.43. The molecule has 0 saturated carbocycles. The maximum Gasteiger partial charge on any atom is 0.266 e. The van der Waals surface area contributed by atoms with Gasteiger partial charge in [0.15, 0.2) is 0 Å². The van der Waals surface area contributed by atoms with Crippen LogP contribution in [0.15, 0.2) is 40.2 Å². The molecule has 0 bridgehead atoms. The molecule has 0 fully saturated rings. The topological polar surface area (TPSA) is 58.9 Å². The molecular formula is C8H6N2O2. The molecule has 0 spiro atoms. The molecule has 2 aromatic heterocycles. The van der Waals surface area contributed by atoms with Gasteiger partial charge in [0, 0.05) is 11.8 Å². The lowest BCUT2D eigenvalue weighted by molar-refractivity contribution is 0.568. The average molecular weight is 162 g/mol. The quantitative estimate of drug-likeness (QED) is 0.681. The molecule has 1 N–H and O–H groups in total. The molecule has 0 atom stereocenters. The second-order valence-corrected chi connectivity index (χ2v) is 2.31. The Labute approximate surface area is 67.9 Å². The Kier molecular flexibility index (Phi) is 1.51. The molecular weight excluding hydrogens is 156 g/mol. The van der Waals surface area contributed by atoms with Gasteiger partial charge in [0.2, 0.25) is 0 Å². The van der Waals surface area contributed by atoms with E-state index in [1.807, 2.05) is 0 Å². The van der Waals surface area contributed by atoms with Crippen molar-refractivity contribution in [1.82, 2.24) is 9.97 Å². The van der Waals surface area contributed by atoms with E-state index in [-0.39, 0.29) is 5.56 Å². The van der Waals surface area contributed by atoms with E-state index < -0.39 is 0 Å². The Morgan fingerprint density at radius 2 is 2.42 bits per heavy atom. The van der Waals surface area contributed by atoms with Gasteiger partial charge in [0.25, 0.3) is 5.56 Å². The third kappa shape index (κ3) is 1.14. The molecule has 4 heteroatoms. The molecule has 4 nitrogen and oxygen atoms in total. The van der Waals surface area contributed by atoms with Gasteiger partial charge in [-0.25, -0.2) is 4.98 Å². The van der Waals surface area contributed by atoms with Gasteiger partial charge < -0.3 is 9.40 Å². The fraction of sp³-hybridized carbons (Fsp3) is 0. The van der Waals surface area contributed by atoms with Crippen LogP contribution in [0.4, 0.5) is 0 Å². The first kappa shape index (κ1) is 6.84. The monoisotopic (exact) mass is 162 g/mol. The van der Waals surface area contributed by atoms with E-state index in [1.54, 1.807) is 24.8 Å². The minimum absolute atomic E-state index is 0.206. The third-order valence-electron chi connectivity index (χ3n) is 1.49. The number of aromatic amines is 1. The average Bonchev–Trinajstić information content (AvgIpc) is 2.58. The van der Waals surface area contributed by atoms with Crippen molar-refractivity contribution in [3.8, 4) is 11.3 Å². The molecule has 0 radical (unpaired) electrons. The number of H-pyrrole nitrogens is 1. The van der Waals surface area contributed by atoms with Crippen molar-refractivity contribution in [2.24, 2.45) is 0 Å². The van der Waals surface area contributed by atoms with Crippen molar-refractivity contribution < 1.29 is 4.42 Å². The zero-order valence-corrected chi connectivity index (χ0v) is 6.15. The number of rotatable bonds is 1. The van der Waals surface area contributed by atoms with Crippen molar-refractivity contribution in [2.45, 2.75) is 0 Å². The number of hydrogen-bond acceptors (Lipinski definition) is 3. The first-order chi connectivity index (χ1) is 5.86. The molecule has 12 heavy (non-hydrogen) atoms. The fourth-order valence-electron chi connectivity index (χ4n) is 0.910. The lowest BCUT2D eigenvalue weighted by Crippen LogP contribution is -2.03. The largest absolute Gasteiger partial charge is 0.472 e. The summed E-state index contributed by atoms with van der Waals surface area (Å²) in [6.07, 6.45) is 5.91. The highest BCUT2D eigenvalue weighted by molar-refractivity contribution is 5.55. The van der Waals surface area contributed by atoms with E-state index >= 15 is 0 Å². The van der Waals surface area contributed by atoms with E-state index in [2.05, 4.69) is 9.97 Å². The number of aromatic nitrogens is 2. The number of nitrogens with zero attached hydrogens (tertiary/aromatic N) is 1. The predicted octanol–water partition coefficient (Wildman–Crippen LogP) is 1.03.